The van der Waals surface area contributed by atoms with Crippen LogP contribution in [0.5, 0.6) is 0 Å². The van der Waals surface area contributed by atoms with Crippen LogP contribution in [0, 0.1) is 19.8 Å². The highest BCUT2D eigenvalue weighted by Crippen LogP contribution is 2.26. The van der Waals surface area contributed by atoms with Crippen molar-refractivity contribution in [2.45, 2.75) is 27.7 Å². The lowest BCUT2D eigenvalue weighted by Gasteiger charge is -2.23. The summed E-state index contributed by atoms with van der Waals surface area (Å²) in [5.74, 6) is 0.157. The normalized spacial score (nSPS) is 11.1. The molecule has 2 amide bonds. The fraction of sp³-hybridized carbons (Fsp3) is 0.250. The number of aryl methyl sites for hydroxylation is 2. The van der Waals surface area contributed by atoms with Crippen LogP contribution in [0.15, 0.2) is 66.2 Å². The van der Waals surface area contributed by atoms with E-state index in [1.54, 1.807) is 11.0 Å². The fourth-order valence-electron chi connectivity index (χ4n) is 3.85. The number of carbonyl (C=O) groups is 2. The van der Waals surface area contributed by atoms with Gasteiger partial charge in [0, 0.05) is 29.0 Å². The zero-order valence-electron chi connectivity index (χ0n) is 20.8. The van der Waals surface area contributed by atoms with Crippen LogP contribution in [0.2, 0.25) is 5.02 Å². The molecule has 0 aliphatic heterocycles. The fourth-order valence-corrected chi connectivity index (χ4v) is 4.67. The topological polar surface area (TPSA) is 67.2 Å². The molecule has 2 heterocycles. The first-order valence-electron chi connectivity index (χ1n) is 11.8. The zero-order valence-corrected chi connectivity index (χ0v) is 22.4. The van der Waals surface area contributed by atoms with Gasteiger partial charge in [-0.15, -0.1) is 11.3 Å². The third kappa shape index (κ3) is 6.04. The summed E-state index contributed by atoms with van der Waals surface area (Å²) in [7, 11) is 0. The molecule has 0 aliphatic carbocycles. The van der Waals surface area contributed by atoms with Crippen LogP contribution in [0.1, 0.15) is 34.6 Å². The standard InChI is InChI=1S/C28H29ClN4O2S/c1-18(2)15-32(27(35)25-6-5-13-36-25)17-26(34)31-28-30-24(21-8-10-22(29)11-9-21)16-33(28)23-12-7-19(3)20(4)14-23/h5-14,16,18H,15,17H2,1-4H3,(H,30,31,34). The SMILES string of the molecule is Cc1ccc(-n2cc(-c3ccc(Cl)cc3)nc2NC(=O)CN(CC(C)C)C(=O)c2cccs2)cc1C. The molecule has 0 atom stereocenters. The van der Waals surface area contributed by atoms with Gasteiger partial charge in [0.15, 0.2) is 0 Å². The minimum Gasteiger partial charge on any atom is -0.328 e. The summed E-state index contributed by atoms with van der Waals surface area (Å²) in [4.78, 5) is 33.2. The average molecular weight is 521 g/mol. The van der Waals surface area contributed by atoms with Crippen LogP contribution >= 0.6 is 22.9 Å². The minimum absolute atomic E-state index is 0.0645. The first-order valence-corrected chi connectivity index (χ1v) is 13.0. The third-order valence-electron chi connectivity index (χ3n) is 5.80. The first kappa shape index (κ1) is 25.7. The number of nitrogens with one attached hydrogen (secondary N) is 1. The monoisotopic (exact) mass is 520 g/mol. The predicted octanol–water partition coefficient (Wildman–Crippen LogP) is 6.61. The Balaban J connectivity index is 1.64. The van der Waals surface area contributed by atoms with E-state index < -0.39 is 0 Å². The Bertz CT molecular complexity index is 1360. The molecule has 2 aromatic carbocycles. The number of rotatable bonds is 8. The van der Waals surface area contributed by atoms with Crippen molar-refractivity contribution in [3.05, 3.63) is 87.2 Å². The molecule has 4 rings (SSSR count). The van der Waals surface area contributed by atoms with E-state index in [0.29, 0.717) is 28.1 Å². The number of aromatic nitrogens is 2. The molecule has 0 bridgehead atoms. The van der Waals surface area contributed by atoms with E-state index in [1.807, 2.05) is 79.4 Å². The van der Waals surface area contributed by atoms with Gasteiger partial charge >= 0.3 is 0 Å². The van der Waals surface area contributed by atoms with E-state index in [2.05, 4.69) is 18.3 Å². The molecule has 186 valence electrons. The minimum atomic E-state index is -0.307. The summed E-state index contributed by atoms with van der Waals surface area (Å²) in [5.41, 5.74) is 4.78. The summed E-state index contributed by atoms with van der Waals surface area (Å²) < 4.78 is 1.86. The highest BCUT2D eigenvalue weighted by Gasteiger charge is 2.22. The molecule has 4 aromatic rings. The molecule has 0 saturated heterocycles. The summed E-state index contributed by atoms with van der Waals surface area (Å²) in [6.45, 7) is 8.57. The van der Waals surface area contributed by atoms with E-state index in [9.17, 15) is 9.59 Å². The Morgan fingerprint density at radius 1 is 1.08 bits per heavy atom. The van der Waals surface area contributed by atoms with Crippen LogP contribution in [-0.4, -0.2) is 39.4 Å². The molecule has 2 aromatic heterocycles. The van der Waals surface area contributed by atoms with Crippen LogP contribution < -0.4 is 5.32 Å². The van der Waals surface area contributed by atoms with Gasteiger partial charge in [-0.3, -0.25) is 19.5 Å². The number of thiophene rings is 1. The van der Waals surface area contributed by atoms with E-state index >= 15 is 0 Å². The number of hydrogen-bond acceptors (Lipinski definition) is 4. The second kappa shape index (κ2) is 11.1. The maximum atomic E-state index is 13.2. The molecule has 0 aliphatic rings. The van der Waals surface area contributed by atoms with Gasteiger partial charge in [0.1, 0.15) is 6.54 Å². The Labute approximate surface area is 220 Å². The van der Waals surface area contributed by atoms with E-state index in [4.69, 9.17) is 16.6 Å². The van der Waals surface area contributed by atoms with Crippen molar-refractivity contribution in [1.29, 1.82) is 0 Å². The Morgan fingerprint density at radius 2 is 1.83 bits per heavy atom. The number of amides is 2. The van der Waals surface area contributed by atoms with Crippen molar-refractivity contribution in [3.63, 3.8) is 0 Å². The molecule has 0 unspecified atom stereocenters. The summed E-state index contributed by atoms with van der Waals surface area (Å²) in [5, 5.41) is 5.45. The van der Waals surface area contributed by atoms with Gasteiger partial charge in [0.2, 0.25) is 11.9 Å². The number of imidazole rings is 1. The van der Waals surface area contributed by atoms with Crippen molar-refractivity contribution in [2.24, 2.45) is 5.92 Å². The molecular formula is C28H29ClN4O2S. The lowest BCUT2D eigenvalue weighted by molar-refractivity contribution is -0.117. The molecule has 0 radical (unpaired) electrons. The third-order valence-corrected chi connectivity index (χ3v) is 6.91. The molecule has 1 N–H and O–H groups in total. The predicted molar refractivity (Wildman–Crippen MR) is 147 cm³/mol. The Morgan fingerprint density at radius 3 is 2.47 bits per heavy atom. The molecule has 0 spiro atoms. The number of benzene rings is 2. The number of carbonyl (C=O) groups excluding carboxylic acids is 2. The molecule has 36 heavy (non-hydrogen) atoms. The molecule has 8 heteroatoms. The maximum absolute atomic E-state index is 13.2. The van der Waals surface area contributed by atoms with Crippen LogP contribution in [0.3, 0.4) is 0 Å². The first-order chi connectivity index (χ1) is 17.2. The highest BCUT2D eigenvalue weighted by molar-refractivity contribution is 7.12. The van der Waals surface area contributed by atoms with Gasteiger partial charge in [0.25, 0.3) is 5.91 Å². The maximum Gasteiger partial charge on any atom is 0.264 e. The highest BCUT2D eigenvalue weighted by atomic mass is 35.5. The van der Waals surface area contributed by atoms with Gasteiger partial charge in [-0.05, 0) is 66.6 Å². The molecule has 0 saturated carbocycles. The van der Waals surface area contributed by atoms with Gasteiger partial charge in [-0.2, -0.15) is 0 Å². The van der Waals surface area contributed by atoms with Crippen molar-refractivity contribution in [3.8, 4) is 16.9 Å². The number of nitrogens with zero attached hydrogens (tertiary/aromatic N) is 3. The second-order valence-electron chi connectivity index (χ2n) is 9.20. The second-order valence-corrected chi connectivity index (χ2v) is 10.6. The van der Waals surface area contributed by atoms with Gasteiger partial charge in [-0.1, -0.05) is 49.7 Å². The average Bonchev–Trinajstić information content (AvgIpc) is 3.51. The quantitative estimate of drug-likeness (QED) is 0.284. The number of anilines is 1. The summed E-state index contributed by atoms with van der Waals surface area (Å²) in [6, 6.07) is 17.1. The van der Waals surface area contributed by atoms with Crippen molar-refractivity contribution < 1.29 is 9.59 Å². The summed E-state index contributed by atoms with van der Waals surface area (Å²) >= 11 is 7.44. The Hall–Kier alpha value is -3.42. The van der Waals surface area contributed by atoms with Gasteiger partial charge in [0.05, 0.1) is 10.6 Å². The van der Waals surface area contributed by atoms with Crippen molar-refractivity contribution >= 4 is 40.7 Å². The smallest absolute Gasteiger partial charge is 0.264 e. The van der Waals surface area contributed by atoms with Crippen molar-refractivity contribution in [1.82, 2.24) is 14.5 Å². The molecule has 0 fully saturated rings. The van der Waals surface area contributed by atoms with Gasteiger partial charge < -0.3 is 4.90 Å². The van der Waals surface area contributed by atoms with Crippen LogP contribution in [-0.2, 0) is 4.79 Å². The lowest BCUT2D eigenvalue weighted by atomic mass is 10.1. The zero-order chi connectivity index (χ0) is 25.8. The molecule has 6 nitrogen and oxygen atoms in total. The number of halogens is 1. The lowest BCUT2D eigenvalue weighted by Crippen LogP contribution is -2.40. The van der Waals surface area contributed by atoms with E-state index in [0.717, 1.165) is 16.8 Å². The molecular weight excluding hydrogens is 492 g/mol. The van der Waals surface area contributed by atoms with Crippen molar-refractivity contribution in [2.75, 3.05) is 18.4 Å². The van der Waals surface area contributed by atoms with Crippen LogP contribution in [0.4, 0.5) is 5.95 Å². The largest absolute Gasteiger partial charge is 0.328 e. The van der Waals surface area contributed by atoms with Crippen LogP contribution in [0.25, 0.3) is 16.9 Å². The van der Waals surface area contributed by atoms with E-state index in [-0.39, 0.29) is 24.3 Å². The summed E-state index contributed by atoms with van der Waals surface area (Å²) in [6.07, 6.45) is 1.89. The van der Waals surface area contributed by atoms with Gasteiger partial charge in [-0.25, -0.2) is 4.98 Å². The Kier molecular flexibility index (Phi) is 7.91. The van der Waals surface area contributed by atoms with E-state index in [1.165, 1.54) is 16.9 Å². The number of hydrogen-bond donors (Lipinski definition) is 1.